The van der Waals surface area contributed by atoms with E-state index in [1.165, 1.54) is 0 Å². The largest absolute Gasteiger partial charge is 0.457 e. The zero-order valence-corrected chi connectivity index (χ0v) is 19.8. The smallest absolute Gasteiger partial charge is 0.308 e. The summed E-state index contributed by atoms with van der Waals surface area (Å²) in [5, 5.41) is 11.4. The second-order valence-electron chi connectivity index (χ2n) is 10.7. The minimum absolute atomic E-state index is 0.0308. The summed E-state index contributed by atoms with van der Waals surface area (Å²) in [7, 11) is 0. The lowest BCUT2D eigenvalue weighted by molar-refractivity contribution is -0.160. The number of hydrogen-bond donors (Lipinski definition) is 1. The average molecular weight is 431 g/mol. The van der Waals surface area contributed by atoms with E-state index in [4.69, 9.17) is 4.74 Å². The van der Waals surface area contributed by atoms with Crippen LogP contribution in [0.3, 0.4) is 0 Å². The number of carbonyl (C=O) groups is 3. The first-order valence-electron chi connectivity index (χ1n) is 11.8. The molecule has 5 heteroatoms. The third-order valence-electron chi connectivity index (χ3n) is 8.67. The van der Waals surface area contributed by atoms with Crippen molar-refractivity contribution in [2.24, 2.45) is 40.4 Å². The normalized spacial score (nSPS) is 38.2. The van der Waals surface area contributed by atoms with Crippen molar-refractivity contribution in [1.29, 1.82) is 0 Å². The van der Waals surface area contributed by atoms with Gasteiger partial charge in [0, 0.05) is 17.3 Å². The van der Waals surface area contributed by atoms with E-state index < -0.39 is 6.10 Å². The van der Waals surface area contributed by atoms with Crippen molar-refractivity contribution in [3.05, 3.63) is 23.8 Å². The van der Waals surface area contributed by atoms with E-state index in [1.807, 2.05) is 13.0 Å². The topological polar surface area (TPSA) is 80.7 Å². The number of ether oxygens (including phenoxy) is 1. The van der Waals surface area contributed by atoms with E-state index in [-0.39, 0.29) is 64.6 Å². The molecule has 0 bridgehead atoms. The maximum absolute atomic E-state index is 13.0. The summed E-state index contributed by atoms with van der Waals surface area (Å²) in [6, 6.07) is 0. The molecule has 0 aromatic carbocycles. The second-order valence-corrected chi connectivity index (χ2v) is 10.7. The van der Waals surface area contributed by atoms with E-state index >= 15 is 0 Å². The molecule has 0 aromatic heterocycles. The Morgan fingerprint density at radius 1 is 1.26 bits per heavy atom. The summed E-state index contributed by atoms with van der Waals surface area (Å²) in [5.41, 5.74) is 0.441. The molecule has 0 saturated heterocycles. The number of aliphatic hydroxyl groups excluding tert-OH is 1. The van der Waals surface area contributed by atoms with Crippen LogP contribution in [-0.4, -0.2) is 35.4 Å². The highest BCUT2D eigenvalue weighted by Crippen LogP contribution is 2.62. The quantitative estimate of drug-likeness (QED) is 0.636. The van der Waals surface area contributed by atoms with Gasteiger partial charge in [-0.1, -0.05) is 59.6 Å². The van der Waals surface area contributed by atoms with Crippen LogP contribution in [0.25, 0.3) is 0 Å². The van der Waals surface area contributed by atoms with Gasteiger partial charge in [0.15, 0.2) is 11.6 Å². The summed E-state index contributed by atoms with van der Waals surface area (Å²) in [6.07, 6.45) is 8.06. The van der Waals surface area contributed by atoms with Crippen molar-refractivity contribution in [2.75, 3.05) is 6.61 Å². The second kappa shape index (κ2) is 8.65. The number of carbonyl (C=O) groups excluding carboxylic acids is 3. The van der Waals surface area contributed by atoms with E-state index in [0.717, 1.165) is 24.8 Å². The third-order valence-corrected chi connectivity index (χ3v) is 8.67. The van der Waals surface area contributed by atoms with E-state index in [1.54, 1.807) is 26.0 Å². The van der Waals surface area contributed by atoms with Gasteiger partial charge in [-0.05, 0) is 48.7 Å². The summed E-state index contributed by atoms with van der Waals surface area (Å²) >= 11 is 0. The molecule has 0 heterocycles. The Hall–Kier alpha value is -1.75. The van der Waals surface area contributed by atoms with Crippen molar-refractivity contribution >= 4 is 17.5 Å². The number of hydrogen-bond acceptors (Lipinski definition) is 5. The minimum atomic E-state index is -0.558. The third kappa shape index (κ3) is 4.06. The Labute approximate surface area is 186 Å². The molecule has 0 aromatic rings. The van der Waals surface area contributed by atoms with Crippen molar-refractivity contribution in [3.8, 4) is 0 Å². The number of aliphatic hydroxyl groups is 1. The average Bonchev–Trinajstić information content (AvgIpc) is 2.71. The predicted octanol–water partition coefficient (Wildman–Crippen LogP) is 4.29. The zero-order valence-electron chi connectivity index (χ0n) is 19.8. The highest BCUT2D eigenvalue weighted by Gasteiger charge is 2.59. The summed E-state index contributed by atoms with van der Waals surface area (Å²) in [6.45, 7) is 11.7. The van der Waals surface area contributed by atoms with Crippen molar-refractivity contribution in [2.45, 2.75) is 73.3 Å². The number of esters is 1. The van der Waals surface area contributed by atoms with E-state index in [0.29, 0.717) is 6.42 Å². The molecule has 7 unspecified atom stereocenters. The van der Waals surface area contributed by atoms with Crippen LogP contribution in [-0.2, 0) is 19.1 Å². The van der Waals surface area contributed by atoms with Gasteiger partial charge in [0.2, 0.25) is 0 Å². The lowest BCUT2D eigenvalue weighted by Gasteiger charge is -2.60. The summed E-state index contributed by atoms with van der Waals surface area (Å²) < 4.78 is 5.22. The van der Waals surface area contributed by atoms with Gasteiger partial charge in [-0.15, -0.1) is 0 Å². The first kappa shape index (κ1) is 23.9. The SMILES string of the molecule is CCC1C2CCC3=CC(=O)C=CC3(C)C2C(O)CC1(C)C(C)C(=O)COC(=O)C(C)C. The van der Waals surface area contributed by atoms with Gasteiger partial charge in [0.05, 0.1) is 12.0 Å². The molecule has 7 atom stereocenters. The molecule has 3 aliphatic rings. The summed E-state index contributed by atoms with van der Waals surface area (Å²) in [5.74, 6) is -0.413. The van der Waals surface area contributed by atoms with Crippen molar-refractivity contribution < 1.29 is 24.2 Å². The van der Waals surface area contributed by atoms with Crippen LogP contribution in [0.2, 0.25) is 0 Å². The predicted molar refractivity (Wildman–Crippen MR) is 119 cm³/mol. The minimum Gasteiger partial charge on any atom is -0.457 e. The molecule has 2 fully saturated rings. The Morgan fingerprint density at radius 2 is 1.94 bits per heavy atom. The molecule has 5 nitrogen and oxygen atoms in total. The van der Waals surface area contributed by atoms with Gasteiger partial charge in [0.1, 0.15) is 6.61 Å². The van der Waals surface area contributed by atoms with Crippen LogP contribution in [0.5, 0.6) is 0 Å². The highest BCUT2D eigenvalue weighted by atomic mass is 16.5. The van der Waals surface area contributed by atoms with Crippen LogP contribution < -0.4 is 0 Å². The van der Waals surface area contributed by atoms with Crippen molar-refractivity contribution in [3.63, 3.8) is 0 Å². The van der Waals surface area contributed by atoms with Gasteiger partial charge in [-0.2, -0.15) is 0 Å². The molecule has 31 heavy (non-hydrogen) atoms. The van der Waals surface area contributed by atoms with Crippen molar-refractivity contribution in [1.82, 2.24) is 0 Å². The van der Waals surface area contributed by atoms with Crippen LogP contribution in [0, 0.1) is 40.4 Å². The molecule has 0 aliphatic heterocycles. The van der Waals surface area contributed by atoms with E-state index in [2.05, 4.69) is 20.8 Å². The maximum atomic E-state index is 13.0. The number of Topliss-reactive ketones (excluding diaryl/α,β-unsaturated/α-hetero) is 1. The van der Waals surface area contributed by atoms with Crippen LogP contribution in [0.1, 0.15) is 67.2 Å². The molecule has 1 N–H and O–H groups in total. The lowest BCUT2D eigenvalue weighted by atomic mass is 9.44. The standard InChI is InChI=1S/C26H38O5/c1-7-20-19-9-8-17-12-18(27)10-11-25(17,5)23(19)21(28)13-26(20,6)16(4)22(29)14-31-24(30)15(2)3/h10-12,15-16,19-21,23,28H,7-9,13-14H2,1-6H3. The monoisotopic (exact) mass is 430 g/mol. The molecule has 0 radical (unpaired) electrons. The highest BCUT2D eigenvalue weighted by molar-refractivity contribution is 6.01. The fourth-order valence-electron chi connectivity index (χ4n) is 6.77. The summed E-state index contributed by atoms with van der Waals surface area (Å²) in [4.78, 5) is 36.8. The molecule has 2 saturated carbocycles. The number of ketones is 2. The number of rotatable bonds is 6. The Bertz CT molecular complexity index is 809. The Balaban J connectivity index is 1.86. The molecule has 3 aliphatic carbocycles. The Kier molecular flexibility index (Phi) is 6.67. The molecular formula is C26H38O5. The number of allylic oxidation sites excluding steroid dienone is 4. The first-order chi connectivity index (χ1) is 14.5. The maximum Gasteiger partial charge on any atom is 0.308 e. The van der Waals surface area contributed by atoms with Gasteiger partial charge in [-0.3, -0.25) is 14.4 Å². The molecule has 0 spiro atoms. The van der Waals surface area contributed by atoms with Gasteiger partial charge < -0.3 is 9.84 Å². The first-order valence-corrected chi connectivity index (χ1v) is 11.8. The molecule has 0 amide bonds. The molecular weight excluding hydrogens is 392 g/mol. The zero-order chi connectivity index (χ0) is 23.1. The van der Waals surface area contributed by atoms with Crippen LogP contribution >= 0.6 is 0 Å². The lowest BCUT2D eigenvalue weighted by Crippen LogP contribution is -2.58. The van der Waals surface area contributed by atoms with Gasteiger partial charge in [-0.25, -0.2) is 0 Å². The fraction of sp³-hybridized carbons (Fsp3) is 0.731. The van der Waals surface area contributed by atoms with Gasteiger partial charge >= 0.3 is 5.97 Å². The molecule has 3 rings (SSSR count). The van der Waals surface area contributed by atoms with Gasteiger partial charge in [0.25, 0.3) is 0 Å². The van der Waals surface area contributed by atoms with E-state index in [9.17, 15) is 19.5 Å². The number of fused-ring (bicyclic) bond motifs is 3. The van der Waals surface area contributed by atoms with Crippen LogP contribution in [0.15, 0.2) is 23.8 Å². The fourth-order valence-corrected chi connectivity index (χ4v) is 6.77. The Morgan fingerprint density at radius 3 is 2.55 bits per heavy atom. The van der Waals surface area contributed by atoms with Crippen LogP contribution in [0.4, 0.5) is 0 Å². The molecule has 172 valence electrons.